The van der Waals surface area contributed by atoms with Crippen molar-refractivity contribution >= 4 is 11.7 Å². The van der Waals surface area contributed by atoms with Gasteiger partial charge < -0.3 is 15.3 Å². The molecule has 1 aromatic heterocycles. The van der Waals surface area contributed by atoms with Crippen LogP contribution in [0.3, 0.4) is 0 Å². The van der Waals surface area contributed by atoms with Crippen molar-refractivity contribution in [2.45, 2.75) is 32.1 Å². The number of aromatic nitrogens is 2. The molecule has 1 unspecified atom stereocenters. The number of hydrogen-bond acceptors (Lipinski definition) is 7. The molecule has 1 aliphatic carbocycles. The first kappa shape index (κ1) is 23.5. The molecule has 7 heteroatoms. The molecule has 3 aromatic rings. The number of aryl methyl sites for hydroxylation is 1. The molecule has 1 aliphatic heterocycles. The van der Waals surface area contributed by atoms with E-state index in [9.17, 15) is 0 Å². The number of anilines is 1. The Morgan fingerprint density at radius 1 is 1.03 bits per heavy atom. The number of fused-ring (bicyclic) bond motifs is 1. The molecule has 7 nitrogen and oxygen atoms in total. The summed E-state index contributed by atoms with van der Waals surface area (Å²) in [5.41, 5.74) is 13.5. The third-order valence-corrected chi connectivity index (χ3v) is 6.82. The van der Waals surface area contributed by atoms with Crippen molar-refractivity contribution in [3.8, 4) is 11.1 Å². The Morgan fingerprint density at radius 3 is 2.63 bits per heavy atom. The van der Waals surface area contributed by atoms with Gasteiger partial charge in [0.05, 0.1) is 30.3 Å². The Labute approximate surface area is 207 Å². The molecule has 1 fully saturated rings. The quantitative estimate of drug-likeness (QED) is 0.410. The van der Waals surface area contributed by atoms with Crippen LogP contribution in [0.5, 0.6) is 0 Å². The highest BCUT2D eigenvalue weighted by Crippen LogP contribution is 2.38. The van der Waals surface area contributed by atoms with E-state index in [0.717, 1.165) is 74.8 Å². The third kappa shape index (κ3) is 5.52. The molecule has 2 heterocycles. The van der Waals surface area contributed by atoms with Gasteiger partial charge >= 0.3 is 0 Å². The van der Waals surface area contributed by atoms with E-state index in [0.29, 0.717) is 12.6 Å². The van der Waals surface area contributed by atoms with Gasteiger partial charge in [-0.2, -0.15) is 0 Å². The van der Waals surface area contributed by atoms with Gasteiger partial charge in [-0.3, -0.25) is 4.90 Å². The predicted molar refractivity (Wildman–Crippen MR) is 138 cm³/mol. The standard InChI is InChI=1S/C28H33N5O2/c1-20-27-25(31-28(29)30-20)18-22(24-11-6-5-10-23(24)21-8-3-2-4-9-21)19-26(27)32-35-15-7-12-33-13-16-34-17-14-33/h2-6,8-11,22H,7,12-19H2,1H3,(H2,29,30,31). The first-order valence-corrected chi connectivity index (χ1v) is 12.5. The van der Waals surface area contributed by atoms with Crippen LogP contribution in [0.4, 0.5) is 5.95 Å². The van der Waals surface area contributed by atoms with E-state index in [2.05, 4.69) is 68.6 Å². The summed E-state index contributed by atoms with van der Waals surface area (Å²) in [5.74, 6) is 0.535. The van der Waals surface area contributed by atoms with E-state index in [1.54, 1.807) is 0 Å². The number of ether oxygens (including phenoxy) is 1. The number of nitrogens with zero attached hydrogens (tertiary/aromatic N) is 4. The monoisotopic (exact) mass is 471 g/mol. The summed E-state index contributed by atoms with van der Waals surface area (Å²) in [6.45, 7) is 7.16. The van der Waals surface area contributed by atoms with Gasteiger partial charge in [-0.1, -0.05) is 59.8 Å². The highest BCUT2D eigenvalue weighted by atomic mass is 16.6. The molecule has 2 aromatic carbocycles. The normalized spacial score (nSPS) is 19.5. The largest absolute Gasteiger partial charge is 0.396 e. The average Bonchev–Trinajstić information content (AvgIpc) is 2.89. The molecular formula is C28H33N5O2. The second-order valence-electron chi connectivity index (χ2n) is 9.23. The minimum atomic E-state index is 0.225. The number of nitrogen functional groups attached to an aromatic ring is 1. The van der Waals surface area contributed by atoms with Crippen LogP contribution in [0.2, 0.25) is 0 Å². The minimum absolute atomic E-state index is 0.225. The van der Waals surface area contributed by atoms with Crippen molar-refractivity contribution < 1.29 is 9.57 Å². The molecule has 0 saturated carbocycles. The molecule has 1 saturated heterocycles. The van der Waals surface area contributed by atoms with Crippen LogP contribution in [0, 0.1) is 6.92 Å². The second kappa shape index (κ2) is 11.0. The van der Waals surface area contributed by atoms with E-state index < -0.39 is 0 Å². The fraction of sp³-hybridized carbons (Fsp3) is 0.393. The predicted octanol–water partition coefficient (Wildman–Crippen LogP) is 4.21. The van der Waals surface area contributed by atoms with Crippen molar-refractivity contribution in [3.05, 3.63) is 77.1 Å². The van der Waals surface area contributed by atoms with Crippen molar-refractivity contribution in [1.29, 1.82) is 0 Å². The molecule has 35 heavy (non-hydrogen) atoms. The Morgan fingerprint density at radius 2 is 1.80 bits per heavy atom. The summed E-state index contributed by atoms with van der Waals surface area (Å²) in [4.78, 5) is 17.3. The molecule has 2 aliphatic rings. The summed E-state index contributed by atoms with van der Waals surface area (Å²) in [5, 5.41) is 4.63. The van der Waals surface area contributed by atoms with Gasteiger partial charge in [0.1, 0.15) is 6.61 Å². The lowest BCUT2D eigenvalue weighted by molar-refractivity contribution is 0.0322. The molecule has 0 radical (unpaired) electrons. The van der Waals surface area contributed by atoms with Crippen molar-refractivity contribution in [2.75, 3.05) is 45.2 Å². The molecule has 0 bridgehead atoms. The molecular weight excluding hydrogens is 438 g/mol. The smallest absolute Gasteiger partial charge is 0.220 e. The maximum atomic E-state index is 6.04. The van der Waals surface area contributed by atoms with Crippen LogP contribution in [0.25, 0.3) is 11.1 Å². The minimum Gasteiger partial charge on any atom is -0.396 e. The zero-order chi connectivity index (χ0) is 24.0. The summed E-state index contributed by atoms with van der Waals surface area (Å²) < 4.78 is 5.43. The molecule has 0 spiro atoms. The van der Waals surface area contributed by atoms with E-state index in [4.69, 9.17) is 15.3 Å². The lowest BCUT2D eigenvalue weighted by Gasteiger charge is -2.28. The summed E-state index contributed by atoms with van der Waals surface area (Å²) >= 11 is 0. The van der Waals surface area contributed by atoms with Crippen LogP contribution < -0.4 is 5.73 Å². The van der Waals surface area contributed by atoms with Crippen LogP contribution in [0.15, 0.2) is 59.8 Å². The van der Waals surface area contributed by atoms with Crippen molar-refractivity contribution in [3.63, 3.8) is 0 Å². The molecule has 5 rings (SSSR count). The van der Waals surface area contributed by atoms with Crippen molar-refractivity contribution in [1.82, 2.24) is 14.9 Å². The Bertz CT molecular complexity index is 1180. The zero-order valence-corrected chi connectivity index (χ0v) is 20.3. The van der Waals surface area contributed by atoms with Crippen molar-refractivity contribution in [2.24, 2.45) is 5.16 Å². The lowest BCUT2D eigenvalue weighted by atomic mass is 9.78. The van der Waals surface area contributed by atoms with Gasteiger partial charge in [0.2, 0.25) is 5.95 Å². The lowest BCUT2D eigenvalue weighted by Crippen LogP contribution is -2.37. The van der Waals surface area contributed by atoms with E-state index >= 15 is 0 Å². The van der Waals surface area contributed by atoms with Crippen LogP contribution in [0.1, 0.15) is 41.3 Å². The molecule has 0 amide bonds. The second-order valence-corrected chi connectivity index (χ2v) is 9.23. The maximum Gasteiger partial charge on any atom is 0.220 e. The third-order valence-electron chi connectivity index (χ3n) is 6.82. The average molecular weight is 472 g/mol. The summed E-state index contributed by atoms with van der Waals surface area (Å²) in [6.07, 6.45) is 2.50. The number of morpholine rings is 1. The molecule has 2 N–H and O–H groups in total. The van der Waals surface area contributed by atoms with Gasteiger partial charge in [0.25, 0.3) is 0 Å². The van der Waals surface area contributed by atoms with E-state index in [-0.39, 0.29) is 5.92 Å². The van der Waals surface area contributed by atoms with Gasteiger partial charge in [-0.25, -0.2) is 9.97 Å². The Hall–Kier alpha value is -3.29. The van der Waals surface area contributed by atoms with Crippen LogP contribution in [-0.2, 0) is 16.0 Å². The van der Waals surface area contributed by atoms with Crippen LogP contribution >= 0.6 is 0 Å². The van der Waals surface area contributed by atoms with E-state index in [1.165, 1.54) is 16.7 Å². The first-order chi connectivity index (χ1) is 17.2. The summed E-state index contributed by atoms with van der Waals surface area (Å²) in [7, 11) is 0. The maximum absolute atomic E-state index is 6.04. The molecule has 1 atom stereocenters. The van der Waals surface area contributed by atoms with Gasteiger partial charge in [0.15, 0.2) is 0 Å². The first-order valence-electron chi connectivity index (χ1n) is 12.5. The highest BCUT2D eigenvalue weighted by Gasteiger charge is 2.30. The number of benzene rings is 2. The number of hydrogen-bond donors (Lipinski definition) is 1. The number of oxime groups is 1. The SMILES string of the molecule is Cc1nc(N)nc2c1C(=NOCCCN1CCOCC1)CC(c1ccccc1-c1ccccc1)C2. The Kier molecular flexibility index (Phi) is 7.35. The number of rotatable bonds is 7. The zero-order valence-electron chi connectivity index (χ0n) is 20.3. The molecule has 182 valence electrons. The van der Waals surface area contributed by atoms with E-state index in [1.807, 2.05) is 13.0 Å². The fourth-order valence-electron chi connectivity index (χ4n) is 5.16. The van der Waals surface area contributed by atoms with Gasteiger partial charge in [-0.15, -0.1) is 0 Å². The van der Waals surface area contributed by atoms with Gasteiger partial charge in [-0.05, 0) is 42.4 Å². The fourth-order valence-corrected chi connectivity index (χ4v) is 5.16. The Balaban J connectivity index is 1.38. The number of nitrogens with two attached hydrogens (primary N) is 1. The van der Waals surface area contributed by atoms with Gasteiger partial charge in [0, 0.05) is 31.6 Å². The highest BCUT2D eigenvalue weighted by molar-refractivity contribution is 6.03. The van der Waals surface area contributed by atoms with Crippen LogP contribution in [-0.4, -0.2) is 60.0 Å². The summed E-state index contributed by atoms with van der Waals surface area (Å²) in [6, 6.07) is 19.1. The topological polar surface area (TPSA) is 85.9 Å².